The molecule has 17 heavy (non-hydrogen) atoms. The Hall–Kier alpha value is -1.90. The normalized spacial score (nSPS) is 10.5. The molecule has 0 spiro atoms. The smallest absolute Gasteiger partial charge is 0.0919 e. The summed E-state index contributed by atoms with van der Waals surface area (Å²) in [7, 11) is 1.83. The summed E-state index contributed by atoms with van der Waals surface area (Å²) in [6.45, 7) is 11.6. The lowest BCUT2D eigenvalue weighted by molar-refractivity contribution is 0.638. The molecule has 0 aromatic heterocycles. The molecule has 0 bridgehead atoms. The highest BCUT2D eigenvalue weighted by atomic mass is 15.0. The standard InChI is InChI=1S/C12H17N3.C2H6/c1-9(14-3)12(15-10(2)13)11-7-5-4-6-8-11;1-2/h4-8,12,14-15H,1-2,13H2,3H3;1-2H3/t12-;/m0./s1. The monoisotopic (exact) mass is 233 g/mol. The first-order valence-corrected chi connectivity index (χ1v) is 5.77. The van der Waals surface area contributed by atoms with Crippen molar-refractivity contribution in [2.75, 3.05) is 7.05 Å². The number of rotatable bonds is 5. The second-order valence-electron chi connectivity index (χ2n) is 3.29. The van der Waals surface area contributed by atoms with E-state index < -0.39 is 0 Å². The highest BCUT2D eigenvalue weighted by Crippen LogP contribution is 2.18. The number of hydrogen-bond acceptors (Lipinski definition) is 3. The van der Waals surface area contributed by atoms with E-state index in [9.17, 15) is 0 Å². The van der Waals surface area contributed by atoms with Crippen LogP contribution in [0, 0.1) is 0 Å². The second kappa shape index (κ2) is 8.28. The minimum Gasteiger partial charge on any atom is -0.390 e. The summed E-state index contributed by atoms with van der Waals surface area (Å²) in [5.41, 5.74) is 7.50. The molecule has 0 radical (unpaired) electrons. The van der Waals surface area contributed by atoms with Crippen LogP contribution in [0.15, 0.2) is 55.0 Å². The van der Waals surface area contributed by atoms with Crippen LogP contribution in [0.1, 0.15) is 25.5 Å². The van der Waals surface area contributed by atoms with Gasteiger partial charge < -0.3 is 16.4 Å². The lowest BCUT2D eigenvalue weighted by atomic mass is 10.0. The molecule has 1 aromatic carbocycles. The molecular formula is C14H23N3. The summed E-state index contributed by atoms with van der Waals surface area (Å²) >= 11 is 0. The van der Waals surface area contributed by atoms with Crippen LogP contribution in [0.2, 0.25) is 0 Å². The zero-order chi connectivity index (χ0) is 13.3. The van der Waals surface area contributed by atoms with Crippen LogP contribution in [0.25, 0.3) is 0 Å². The molecule has 0 aliphatic heterocycles. The van der Waals surface area contributed by atoms with Crippen LogP contribution in [-0.4, -0.2) is 7.05 Å². The van der Waals surface area contributed by atoms with Gasteiger partial charge in [-0.05, 0) is 5.56 Å². The van der Waals surface area contributed by atoms with Gasteiger partial charge in [0.05, 0.1) is 11.9 Å². The van der Waals surface area contributed by atoms with Gasteiger partial charge >= 0.3 is 0 Å². The molecule has 3 heteroatoms. The molecular weight excluding hydrogens is 210 g/mol. The van der Waals surface area contributed by atoms with Crippen molar-refractivity contribution in [2.24, 2.45) is 5.73 Å². The molecule has 94 valence electrons. The first-order valence-electron chi connectivity index (χ1n) is 5.77. The Balaban J connectivity index is 0.00000121. The van der Waals surface area contributed by atoms with Crippen molar-refractivity contribution in [3.05, 3.63) is 60.6 Å². The topological polar surface area (TPSA) is 50.1 Å². The van der Waals surface area contributed by atoms with Gasteiger partial charge in [0.25, 0.3) is 0 Å². The Kier molecular flexibility index (Phi) is 7.35. The Bertz CT molecular complexity index is 344. The molecule has 3 nitrogen and oxygen atoms in total. The van der Waals surface area contributed by atoms with Gasteiger partial charge in [0.15, 0.2) is 0 Å². The van der Waals surface area contributed by atoms with Crippen molar-refractivity contribution in [1.29, 1.82) is 0 Å². The number of nitrogens with two attached hydrogens (primary N) is 1. The third-order valence-corrected chi connectivity index (χ3v) is 2.13. The molecule has 0 saturated carbocycles. The largest absolute Gasteiger partial charge is 0.390 e. The Morgan fingerprint density at radius 1 is 1.18 bits per heavy atom. The first-order chi connectivity index (χ1) is 8.15. The summed E-state index contributed by atoms with van der Waals surface area (Å²) in [5.74, 6) is 0.431. The molecule has 1 aromatic rings. The van der Waals surface area contributed by atoms with Crippen molar-refractivity contribution in [3.63, 3.8) is 0 Å². The van der Waals surface area contributed by atoms with Gasteiger partial charge in [-0.2, -0.15) is 0 Å². The SMILES string of the molecule is C=C(N)N[C@@H](C(=C)NC)c1ccccc1.CC. The molecule has 0 fully saturated rings. The van der Waals surface area contributed by atoms with E-state index in [0.717, 1.165) is 11.3 Å². The molecule has 1 atom stereocenters. The van der Waals surface area contributed by atoms with E-state index in [1.807, 2.05) is 51.2 Å². The van der Waals surface area contributed by atoms with Crippen molar-refractivity contribution in [3.8, 4) is 0 Å². The van der Waals surface area contributed by atoms with E-state index in [2.05, 4.69) is 23.8 Å². The highest BCUT2D eigenvalue weighted by Gasteiger charge is 2.12. The van der Waals surface area contributed by atoms with E-state index in [1.165, 1.54) is 0 Å². The van der Waals surface area contributed by atoms with Gasteiger partial charge in [0.2, 0.25) is 0 Å². The predicted octanol–water partition coefficient (Wildman–Crippen LogP) is 2.51. The average molecular weight is 233 g/mol. The van der Waals surface area contributed by atoms with E-state index in [1.54, 1.807) is 0 Å². The fourth-order valence-corrected chi connectivity index (χ4v) is 1.35. The predicted molar refractivity (Wildman–Crippen MR) is 75.2 cm³/mol. The Morgan fingerprint density at radius 3 is 2.12 bits per heavy atom. The number of benzene rings is 1. The minimum atomic E-state index is -0.0475. The number of nitrogens with one attached hydrogen (secondary N) is 2. The molecule has 0 amide bonds. The third-order valence-electron chi connectivity index (χ3n) is 2.13. The summed E-state index contributed by atoms with van der Waals surface area (Å²) in [5, 5.41) is 6.08. The molecule has 1 rings (SSSR count). The average Bonchev–Trinajstić information content (AvgIpc) is 2.38. The number of hydrogen-bond donors (Lipinski definition) is 3. The van der Waals surface area contributed by atoms with Crippen LogP contribution in [-0.2, 0) is 0 Å². The highest BCUT2D eigenvalue weighted by molar-refractivity contribution is 5.27. The van der Waals surface area contributed by atoms with Crippen LogP contribution >= 0.6 is 0 Å². The van der Waals surface area contributed by atoms with Gasteiger partial charge in [-0.3, -0.25) is 0 Å². The third kappa shape index (κ3) is 5.11. The van der Waals surface area contributed by atoms with Gasteiger partial charge in [-0.1, -0.05) is 57.3 Å². The van der Waals surface area contributed by atoms with Gasteiger partial charge in [0.1, 0.15) is 0 Å². The van der Waals surface area contributed by atoms with Crippen molar-refractivity contribution >= 4 is 0 Å². The van der Waals surface area contributed by atoms with Crippen LogP contribution in [0.3, 0.4) is 0 Å². The lowest BCUT2D eigenvalue weighted by Gasteiger charge is -2.22. The molecule has 0 aliphatic rings. The van der Waals surface area contributed by atoms with Gasteiger partial charge in [0, 0.05) is 12.7 Å². The maximum atomic E-state index is 5.55. The van der Waals surface area contributed by atoms with Crippen LogP contribution in [0.5, 0.6) is 0 Å². The number of likely N-dealkylation sites (N-methyl/N-ethyl adjacent to an activating group) is 1. The zero-order valence-electron chi connectivity index (χ0n) is 11.0. The maximum absolute atomic E-state index is 5.55. The van der Waals surface area contributed by atoms with Gasteiger partial charge in [-0.15, -0.1) is 0 Å². The van der Waals surface area contributed by atoms with Crippen LogP contribution < -0.4 is 16.4 Å². The van der Waals surface area contributed by atoms with Gasteiger partial charge in [-0.25, -0.2) is 0 Å². The molecule has 0 saturated heterocycles. The Morgan fingerprint density at radius 2 is 1.71 bits per heavy atom. The summed E-state index contributed by atoms with van der Waals surface area (Å²) in [6.07, 6.45) is 0. The van der Waals surface area contributed by atoms with E-state index in [0.29, 0.717) is 5.82 Å². The molecule has 4 N–H and O–H groups in total. The molecule has 0 heterocycles. The summed E-state index contributed by atoms with van der Waals surface area (Å²) < 4.78 is 0. The lowest BCUT2D eigenvalue weighted by Crippen LogP contribution is -2.29. The van der Waals surface area contributed by atoms with E-state index in [-0.39, 0.29) is 6.04 Å². The van der Waals surface area contributed by atoms with E-state index in [4.69, 9.17) is 5.73 Å². The summed E-state index contributed by atoms with van der Waals surface area (Å²) in [4.78, 5) is 0. The second-order valence-corrected chi connectivity index (χ2v) is 3.29. The maximum Gasteiger partial charge on any atom is 0.0919 e. The van der Waals surface area contributed by atoms with Crippen molar-refractivity contribution in [1.82, 2.24) is 10.6 Å². The molecule has 0 aliphatic carbocycles. The fraction of sp³-hybridized carbons (Fsp3) is 0.286. The zero-order valence-corrected chi connectivity index (χ0v) is 11.0. The quantitative estimate of drug-likeness (QED) is 0.732. The first kappa shape index (κ1) is 15.1. The Labute approximate surface area is 104 Å². The fourth-order valence-electron chi connectivity index (χ4n) is 1.35. The minimum absolute atomic E-state index is 0.0475. The summed E-state index contributed by atoms with van der Waals surface area (Å²) in [6, 6.07) is 9.92. The van der Waals surface area contributed by atoms with Crippen LogP contribution in [0.4, 0.5) is 0 Å². The van der Waals surface area contributed by atoms with Crippen molar-refractivity contribution < 1.29 is 0 Å². The van der Waals surface area contributed by atoms with Crippen molar-refractivity contribution in [2.45, 2.75) is 19.9 Å². The van der Waals surface area contributed by atoms with E-state index >= 15 is 0 Å². The molecule has 0 unspecified atom stereocenters.